The number of hydrogen-bond acceptors (Lipinski definition) is 3. The monoisotopic (exact) mass is 266 g/mol. The van der Waals surface area contributed by atoms with Crippen LogP contribution in [-0.2, 0) is 13.1 Å². The third-order valence-electron chi connectivity index (χ3n) is 3.99. The molecule has 19 heavy (non-hydrogen) atoms. The average molecular weight is 266 g/mol. The predicted octanol–water partition coefficient (Wildman–Crippen LogP) is 3.65. The van der Waals surface area contributed by atoms with Crippen molar-refractivity contribution >= 4 is 0 Å². The minimum absolute atomic E-state index is 0.204. The zero-order valence-electron chi connectivity index (χ0n) is 13.4. The highest BCUT2D eigenvalue weighted by atomic mass is 16.3. The molecule has 0 bridgehead atoms. The molecule has 110 valence electrons. The molecule has 0 aliphatic carbocycles. The van der Waals surface area contributed by atoms with Crippen molar-refractivity contribution in [2.75, 3.05) is 13.6 Å². The summed E-state index contributed by atoms with van der Waals surface area (Å²) in [6.07, 6.45) is 2.93. The van der Waals surface area contributed by atoms with E-state index < -0.39 is 0 Å². The minimum atomic E-state index is 0.204. The van der Waals surface area contributed by atoms with Gasteiger partial charge in [0, 0.05) is 17.6 Å². The van der Waals surface area contributed by atoms with Crippen LogP contribution in [0.2, 0.25) is 0 Å². The van der Waals surface area contributed by atoms with Gasteiger partial charge >= 0.3 is 0 Å². The topological polar surface area (TPSA) is 28.4 Å². The molecular weight excluding hydrogens is 236 g/mol. The Kier molecular flexibility index (Phi) is 6.08. The summed E-state index contributed by atoms with van der Waals surface area (Å²) in [6, 6.07) is 2.08. The van der Waals surface area contributed by atoms with Gasteiger partial charge in [0.25, 0.3) is 0 Å². The molecule has 0 aliphatic heterocycles. The molecule has 0 unspecified atom stereocenters. The lowest BCUT2D eigenvalue weighted by atomic mass is 9.99. The lowest BCUT2D eigenvalue weighted by Gasteiger charge is -2.34. The number of nitrogens with one attached hydrogen (secondary N) is 1. The van der Waals surface area contributed by atoms with Crippen LogP contribution in [-0.4, -0.2) is 24.0 Å². The molecule has 0 fully saturated rings. The van der Waals surface area contributed by atoms with Gasteiger partial charge in [-0.15, -0.1) is 0 Å². The van der Waals surface area contributed by atoms with E-state index in [4.69, 9.17) is 4.42 Å². The molecule has 1 N–H and O–H groups in total. The minimum Gasteiger partial charge on any atom is -0.468 e. The van der Waals surface area contributed by atoms with Crippen LogP contribution in [0.25, 0.3) is 0 Å². The van der Waals surface area contributed by atoms with Crippen molar-refractivity contribution < 1.29 is 4.42 Å². The second-order valence-corrected chi connectivity index (χ2v) is 6.42. The molecule has 0 amide bonds. The van der Waals surface area contributed by atoms with Gasteiger partial charge in [0.05, 0.1) is 12.8 Å². The van der Waals surface area contributed by atoms with Gasteiger partial charge in [0.2, 0.25) is 0 Å². The van der Waals surface area contributed by atoms with Gasteiger partial charge in [0.15, 0.2) is 0 Å². The van der Waals surface area contributed by atoms with Crippen LogP contribution in [0.3, 0.4) is 0 Å². The van der Waals surface area contributed by atoms with Crippen LogP contribution < -0.4 is 5.32 Å². The van der Waals surface area contributed by atoms with E-state index in [9.17, 15) is 0 Å². The zero-order chi connectivity index (χ0) is 14.5. The molecule has 3 nitrogen and oxygen atoms in total. The molecule has 0 spiro atoms. The lowest BCUT2D eigenvalue weighted by molar-refractivity contribution is 0.132. The third kappa shape index (κ3) is 5.00. The molecule has 1 aromatic heterocycles. The second kappa shape index (κ2) is 7.11. The molecule has 0 saturated carbocycles. The summed E-state index contributed by atoms with van der Waals surface area (Å²) in [6.45, 7) is 14.0. The number of hydrogen-bond donors (Lipinski definition) is 1. The van der Waals surface area contributed by atoms with Crippen molar-refractivity contribution in [3.05, 3.63) is 23.7 Å². The fourth-order valence-corrected chi connectivity index (χ4v) is 1.86. The fraction of sp³-hybridized carbons (Fsp3) is 0.750. The maximum absolute atomic E-state index is 5.65. The summed E-state index contributed by atoms with van der Waals surface area (Å²) in [5.74, 6) is 1.76. The maximum atomic E-state index is 5.65. The first-order valence-corrected chi connectivity index (χ1v) is 7.34. The first-order chi connectivity index (χ1) is 8.86. The quantitative estimate of drug-likeness (QED) is 0.778. The van der Waals surface area contributed by atoms with Crippen LogP contribution in [0.1, 0.15) is 52.4 Å². The van der Waals surface area contributed by atoms with Crippen molar-refractivity contribution in [2.24, 2.45) is 5.92 Å². The largest absolute Gasteiger partial charge is 0.468 e. The lowest BCUT2D eigenvalue weighted by Crippen LogP contribution is -2.40. The van der Waals surface area contributed by atoms with Crippen molar-refractivity contribution in [1.29, 1.82) is 0 Å². The van der Waals surface area contributed by atoms with Gasteiger partial charge in [-0.3, -0.25) is 4.90 Å². The Morgan fingerprint density at radius 1 is 1.37 bits per heavy atom. The molecule has 1 rings (SSSR count). The van der Waals surface area contributed by atoms with Crippen molar-refractivity contribution in [1.82, 2.24) is 10.2 Å². The highest BCUT2D eigenvalue weighted by molar-refractivity contribution is 5.17. The van der Waals surface area contributed by atoms with Gasteiger partial charge in [0.1, 0.15) is 5.76 Å². The molecule has 0 aliphatic rings. The van der Waals surface area contributed by atoms with Crippen molar-refractivity contribution in [3.63, 3.8) is 0 Å². The number of furan rings is 1. The van der Waals surface area contributed by atoms with Crippen LogP contribution in [0.4, 0.5) is 0 Å². The SMILES string of the molecule is CCC(C)(C)N(C)Cc1occc1CNCC(C)C. The Balaban J connectivity index is 2.57. The molecule has 0 aromatic carbocycles. The standard InChI is InChI=1S/C16H30N2O/c1-7-16(4,5)18(6)12-15-14(8-9-19-15)11-17-10-13(2)3/h8-9,13,17H,7,10-12H2,1-6H3. The Labute approximate surface area is 118 Å². The summed E-state index contributed by atoms with van der Waals surface area (Å²) >= 11 is 0. The highest BCUT2D eigenvalue weighted by Gasteiger charge is 2.22. The van der Waals surface area contributed by atoms with Crippen molar-refractivity contribution in [3.8, 4) is 0 Å². The first kappa shape index (κ1) is 16.3. The fourth-order valence-electron chi connectivity index (χ4n) is 1.86. The molecule has 3 heteroatoms. The van der Waals surface area contributed by atoms with E-state index in [1.54, 1.807) is 6.26 Å². The number of rotatable bonds is 8. The van der Waals surface area contributed by atoms with Gasteiger partial charge in [-0.05, 0) is 45.8 Å². The molecule has 0 radical (unpaired) electrons. The smallest absolute Gasteiger partial charge is 0.122 e. The van der Waals surface area contributed by atoms with E-state index in [0.29, 0.717) is 5.92 Å². The zero-order valence-corrected chi connectivity index (χ0v) is 13.4. The summed E-state index contributed by atoms with van der Waals surface area (Å²) in [4.78, 5) is 2.36. The van der Waals surface area contributed by atoms with Gasteiger partial charge in [-0.1, -0.05) is 20.8 Å². The van der Waals surface area contributed by atoms with Gasteiger partial charge in [-0.2, -0.15) is 0 Å². The van der Waals surface area contributed by atoms with Gasteiger partial charge in [-0.25, -0.2) is 0 Å². The summed E-state index contributed by atoms with van der Waals surface area (Å²) in [5.41, 5.74) is 1.48. The third-order valence-corrected chi connectivity index (χ3v) is 3.99. The van der Waals surface area contributed by atoms with E-state index in [1.807, 2.05) is 0 Å². The van der Waals surface area contributed by atoms with Crippen LogP contribution in [0.15, 0.2) is 16.7 Å². The summed E-state index contributed by atoms with van der Waals surface area (Å²) in [7, 11) is 2.16. The van der Waals surface area contributed by atoms with E-state index in [-0.39, 0.29) is 5.54 Å². The first-order valence-electron chi connectivity index (χ1n) is 7.34. The van der Waals surface area contributed by atoms with E-state index in [1.165, 1.54) is 5.56 Å². The summed E-state index contributed by atoms with van der Waals surface area (Å²) in [5, 5.41) is 3.48. The maximum Gasteiger partial charge on any atom is 0.122 e. The molecule has 0 saturated heterocycles. The predicted molar refractivity (Wildman–Crippen MR) is 81.1 cm³/mol. The van der Waals surface area contributed by atoms with Crippen LogP contribution in [0.5, 0.6) is 0 Å². The van der Waals surface area contributed by atoms with Crippen LogP contribution in [0, 0.1) is 5.92 Å². The van der Waals surface area contributed by atoms with Crippen molar-refractivity contribution in [2.45, 2.75) is 59.7 Å². The second-order valence-electron chi connectivity index (χ2n) is 6.42. The molecule has 1 heterocycles. The Morgan fingerprint density at radius 3 is 2.63 bits per heavy atom. The Hall–Kier alpha value is -0.800. The van der Waals surface area contributed by atoms with Crippen LogP contribution >= 0.6 is 0 Å². The average Bonchev–Trinajstić information content (AvgIpc) is 2.76. The molecule has 0 atom stereocenters. The molecular formula is C16H30N2O. The van der Waals surface area contributed by atoms with Gasteiger partial charge < -0.3 is 9.73 Å². The number of nitrogens with zero attached hydrogens (tertiary/aromatic N) is 1. The van der Waals surface area contributed by atoms with E-state index in [0.717, 1.165) is 31.8 Å². The normalized spacial score (nSPS) is 12.6. The van der Waals surface area contributed by atoms with E-state index >= 15 is 0 Å². The van der Waals surface area contributed by atoms with E-state index in [2.05, 4.69) is 57.9 Å². The summed E-state index contributed by atoms with van der Waals surface area (Å²) < 4.78 is 5.65. The Morgan fingerprint density at radius 2 is 2.05 bits per heavy atom. The highest BCUT2D eigenvalue weighted by Crippen LogP contribution is 2.21. The molecule has 1 aromatic rings. The Bertz CT molecular complexity index is 369.